The fourth-order valence-corrected chi connectivity index (χ4v) is 3.05. The molecule has 2 rings (SSSR count). The third-order valence-electron chi connectivity index (χ3n) is 4.70. The Kier molecular flexibility index (Phi) is 12.1. The quantitative estimate of drug-likeness (QED) is 0.228. The molecule has 0 radical (unpaired) electrons. The Labute approximate surface area is 178 Å². The van der Waals surface area contributed by atoms with Crippen LogP contribution in [0.15, 0.2) is 80.4 Å². The van der Waals surface area contributed by atoms with Crippen LogP contribution in [0.2, 0.25) is 0 Å². The highest BCUT2D eigenvalue weighted by molar-refractivity contribution is 5.83. The Morgan fingerprint density at radius 1 is 0.862 bits per heavy atom. The minimum Gasteiger partial charge on any atom is -0.309 e. The van der Waals surface area contributed by atoms with Gasteiger partial charge in [0.25, 0.3) is 0 Å². The van der Waals surface area contributed by atoms with Crippen molar-refractivity contribution >= 4 is 11.3 Å². The van der Waals surface area contributed by atoms with E-state index in [9.17, 15) is 0 Å². The van der Waals surface area contributed by atoms with E-state index in [2.05, 4.69) is 75.2 Å². The van der Waals surface area contributed by atoms with Gasteiger partial charge in [-0.3, -0.25) is 0 Å². The zero-order valence-electron chi connectivity index (χ0n) is 18.3. The number of hydrogen-bond acceptors (Lipinski definition) is 1. The van der Waals surface area contributed by atoms with E-state index in [1.54, 1.807) is 6.08 Å². The molecular formula is C28H37N. The molecule has 0 amide bonds. The molecule has 0 aliphatic heterocycles. The Hall–Kier alpha value is -2.67. The lowest BCUT2D eigenvalue weighted by Crippen LogP contribution is -2.01. The van der Waals surface area contributed by atoms with Gasteiger partial charge in [-0.25, -0.2) is 0 Å². The third kappa shape index (κ3) is 10.4. The second-order valence-corrected chi connectivity index (χ2v) is 7.54. The first kappa shape index (κ1) is 24.4. The fraction of sp³-hybridized carbons (Fsp3) is 0.321. The van der Waals surface area contributed by atoms with E-state index in [0.29, 0.717) is 0 Å². The Morgan fingerprint density at radius 2 is 1.41 bits per heavy atom. The lowest BCUT2D eigenvalue weighted by atomic mass is 9.96. The van der Waals surface area contributed by atoms with Crippen LogP contribution in [-0.4, -0.2) is 5.71 Å². The van der Waals surface area contributed by atoms with Gasteiger partial charge >= 0.3 is 0 Å². The highest BCUT2D eigenvalue weighted by Crippen LogP contribution is 2.19. The van der Waals surface area contributed by atoms with Crippen LogP contribution in [0.4, 0.5) is 0 Å². The molecule has 0 saturated heterocycles. The van der Waals surface area contributed by atoms with Gasteiger partial charge in [0.15, 0.2) is 0 Å². The summed E-state index contributed by atoms with van der Waals surface area (Å²) in [5.41, 5.74) is 6.94. The van der Waals surface area contributed by atoms with E-state index in [1.165, 1.54) is 35.1 Å². The number of nitrogens with one attached hydrogen (secondary N) is 1. The summed E-state index contributed by atoms with van der Waals surface area (Å²) in [7, 11) is 0. The molecule has 1 heteroatoms. The van der Waals surface area contributed by atoms with Crippen LogP contribution in [0.5, 0.6) is 0 Å². The van der Waals surface area contributed by atoms with Gasteiger partial charge in [0.1, 0.15) is 0 Å². The minimum absolute atomic E-state index is 0.756. The first-order valence-electron chi connectivity index (χ1n) is 10.6. The predicted molar refractivity (Wildman–Crippen MR) is 131 cm³/mol. The van der Waals surface area contributed by atoms with E-state index >= 15 is 0 Å². The molecule has 2 aromatic rings. The number of aryl methyl sites for hydroxylation is 1. The van der Waals surface area contributed by atoms with Crippen LogP contribution < -0.4 is 0 Å². The average molecular weight is 388 g/mol. The molecular weight excluding hydrogens is 350 g/mol. The van der Waals surface area contributed by atoms with Crippen molar-refractivity contribution in [2.75, 3.05) is 0 Å². The fourth-order valence-electron chi connectivity index (χ4n) is 3.05. The molecule has 1 N–H and O–H groups in total. The van der Waals surface area contributed by atoms with Gasteiger partial charge in [-0.15, -0.1) is 13.2 Å². The number of rotatable bonds is 11. The highest BCUT2D eigenvalue weighted by atomic mass is 14.4. The van der Waals surface area contributed by atoms with Crippen molar-refractivity contribution in [3.05, 3.63) is 103 Å². The largest absolute Gasteiger partial charge is 0.309 e. The van der Waals surface area contributed by atoms with Gasteiger partial charge in [0.2, 0.25) is 0 Å². The molecule has 0 aliphatic carbocycles. The Morgan fingerprint density at radius 3 is 2.00 bits per heavy atom. The zero-order chi connectivity index (χ0) is 21.5. The number of benzene rings is 2. The third-order valence-corrected chi connectivity index (χ3v) is 4.70. The lowest BCUT2D eigenvalue weighted by molar-refractivity contribution is 0.703. The van der Waals surface area contributed by atoms with Crippen LogP contribution in [-0.2, 0) is 12.8 Å². The maximum atomic E-state index is 8.17. The predicted octanol–water partition coefficient (Wildman–Crippen LogP) is 8.14. The molecule has 0 saturated carbocycles. The van der Waals surface area contributed by atoms with Crippen LogP contribution in [0.1, 0.15) is 61.3 Å². The first-order chi connectivity index (χ1) is 14.0. The van der Waals surface area contributed by atoms with Gasteiger partial charge < -0.3 is 5.41 Å². The second kappa shape index (κ2) is 14.3. The summed E-state index contributed by atoms with van der Waals surface area (Å²) in [6.45, 7) is 15.4. The molecule has 0 spiro atoms. The summed E-state index contributed by atoms with van der Waals surface area (Å²) in [6.07, 6.45) is 10.8. The van der Waals surface area contributed by atoms with E-state index in [1.807, 2.05) is 13.0 Å². The molecule has 1 nitrogen and oxygen atoms in total. The molecule has 0 atom stereocenters. The Balaban J connectivity index is 0.00000132. The van der Waals surface area contributed by atoms with Gasteiger partial charge in [0.05, 0.1) is 0 Å². The van der Waals surface area contributed by atoms with Crippen molar-refractivity contribution in [3.8, 4) is 0 Å². The summed E-state index contributed by atoms with van der Waals surface area (Å²) >= 11 is 0. The van der Waals surface area contributed by atoms with Gasteiger partial charge in [-0.2, -0.15) is 0 Å². The highest BCUT2D eigenvalue weighted by Gasteiger charge is 2.04. The van der Waals surface area contributed by atoms with E-state index in [4.69, 9.17) is 5.41 Å². The monoisotopic (exact) mass is 387 g/mol. The van der Waals surface area contributed by atoms with Gasteiger partial charge in [-0.1, -0.05) is 79.2 Å². The number of unbranched alkanes of at least 4 members (excludes halogenated alkanes) is 3. The van der Waals surface area contributed by atoms with Crippen molar-refractivity contribution in [2.24, 2.45) is 0 Å². The lowest BCUT2D eigenvalue weighted by Gasteiger charge is -2.09. The SMILES string of the molecule is C=CC.C=CCCCCCC(=N)Cc1ccc(C(=C)Cc2ccc(C)cc2)cc1. The summed E-state index contributed by atoms with van der Waals surface area (Å²) in [4.78, 5) is 0. The van der Waals surface area contributed by atoms with Gasteiger partial charge in [0, 0.05) is 12.1 Å². The van der Waals surface area contributed by atoms with Crippen LogP contribution in [0, 0.1) is 12.3 Å². The molecule has 0 heterocycles. The van der Waals surface area contributed by atoms with Crippen LogP contribution in [0.25, 0.3) is 5.57 Å². The van der Waals surface area contributed by atoms with Crippen molar-refractivity contribution in [1.82, 2.24) is 0 Å². The van der Waals surface area contributed by atoms with E-state index in [-0.39, 0.29) is 0 Å². The van der Waals surface area contributed by atoms with Crippen LogP contribution >= 0.6 is 0 Å². The van der Waals surface area contributed by atoms with Crippen molar-refractivity contribution < 1.29 is 0 Å². The summed E-state index contributed by atoms with van der Waals surface area (Å²) in [5.74, 6) is 0. The van der Waals surface area contributed by atoms with Crippen molar-refractivity contribution in [1.29, 1.82) is 5.41 Å². The minimum atomic E-state index is 0.756. The normalized spacial score (nSPS) is 9.86. The molecule has 0 aromatic heterocycles. The summed E-state index contributed by atoms with van der Waals surface area (Å²) in [5, 5.41) is 8.17. The van der Waals surface area contributed by atoms with Crippen molar-refractivity contribution in [2.45, 2.75) is 58.8 Å². The zero-order valence-corrected chi connectivity index (χ0v) is 18.3. The van der Waals surface area contributed by atoms with Crippen molar-refractivity contribution in [3.63, 3.8) is 0 Å². The number of allylic oxidation sites excluding steroid dienone is 3. The average Bonchev–Trinajstić information content (AvgIpc) is 2.71. The number of hydrogen-bond donors (Lipinski definition) is 1. The molecule has 0 fully saturated rings. The Bertz CT molecular complexity index is 763. The second-order valence-electron chi connectivity index (χ2n) is 7.54. The topological polar surface area (TPSA) is 23.9 Å². The summed E-state index contributed by atoms with van der Waals surface area (Å²) in [6, 6.07) is 17.2. The first-order valence-corrected chi connectivity index (χ1v) is 10.6. The standard InChI is InChI=1S/C25H31N.C3H6/c1-4-5-6-7-8-9-25(26)19-23-14-16-24(17-15-23)21(3)18-22-12-10-20(2)11-13-22;1-3-2/h4,10-17,26H,1,3,5-9,18-19H2,2H3;3H,1H2,2H3. The molecule has 0 aliphatic rings. The summed E-state index contributed by atoms with van der Waals surface area (Å²) < 4.78 is 0. The van der Waals surface area contributed by atoms with E-state index < -0.39 is 0 Å². The van der Waals surface area contributed by atoms with Crippen LogP contribution in [0.3, 0.4) is 0 Å². The van der Waals surface area contributed by atoms with E-state index in [0.717, 1.165) is 43.4 Å². The molecule has 0 unspecified atom stereocenters. The molecule has 0 bridgehead atoms. The maximum Gasteiger partial charge on any atom is 0.0133 e. The molecule has 29 heavy (non-hydrogen) atoms. The van der Waals surface area contributed by atoms with Gasteiger partial charge in [-0.05, 0) is 68.2 Å². The maximum absolute atomic E-state index is 8.17. The smallest absolute Gasteiger partial charge is 0.0133 e. The molecule has 2 aromatic carbocycles. The molecule has 154 valence electrons.